The van der Waals surface area contributed by atoms with E-state index in [-0.39, 0.29) is 12.3 Å². The summed E-state index contributed by atoms with van der Waals surface area (Å²) in [6, 6.07) is 9.64. The molecule has 5 heteroatoms. The van der Waals surface area contributed by atoms with Crippen LogP contribution in [-0.2, 0) is 18.3 Å². The SMILES string of the molecule is Cc1nn(C)c(Cl)c1CC(=O)CNc1ccccc1. The van der Waals surface area contributed by atoms with E-state index in [1.54, 1.807) is 11.7 Å². The summed E-state index contributed by atoms with van der Waals surface area (Å²) in [5.74, 6) is 0.0850. The number of carbonyl (C=O) groups excluding carboxylic acids is 1. The first-order chi connectivity index (χ1) is 9.08. The molecule has 2 rings (SSSR count). The van der Waals surface area contributed by atoms with E-state index in [1.165, 1.54) is 0 Å². The topological polar surface area (TPSA) is 46.9 Å². The third-order valence-electron chi connectivity index (χ3n) is 2.91. The van der Waals surface area contributed by atoms with Crippen LogP contribution in [0.4, 0.5) is 5.69 Å². The highest BCUT2D eigenvalue weighted by Gasteiger charge is 2.14. The number of nitrogens with one attached hydrogen (secondary N) is 1. The van der Waals surface area contributed by atoms with Crippen molar-refractivity contribution in [2.75, 3.05) is 11.9 Å². The minimum atomic E-state index is 0.0850. The van der Waals surface area contributed by atoms with Crippen molar-refractivity contribution < 1.29 is 4.79 Å². The smallest absolute Gasteiger partial charge is 0.156 e. The Labute approximate surface area is 117 Å². The molecule has 0 saturated carbocycles. The van der Waals surface area contributed by atoms with Crippen molar-refractivity contribution in [3.05, 3.63) is 46.7 Å². The number of anilines is 1. The standard InChI is InChI=1S/C14H16ClN3O/c1-10-13(14(15)18(2)17-10)8-12(19)9-16-11-6-4-3-5-7-11/h3-7,16H,8-9H2,1-2H3. The maximum atomic E-state index is 11.9. The van der Waals surface area contributed by atoms with Gasteiger partial charge < -0.3 is 5.32 Å². The summed E-state index contributed by atoms with van der Waals surface area (Å²) >= 11 is 6.10. The number of ketones is 1. The van der Waals surface area contributed by atoms with Crippen LogP contribution >= 0.6 is 11.6 Å². The molecular formula is C14H16ClN3O. The largest absolute Gasteiger partial charge is 0.378 e. The Morgan fingerprint density at radius 1 is 1.37 bits per heavy atom. The molecule has 0 aliphatic rings. The zero-order valence-corrected chi connectivity index (χ0v) is 11.7. The van der Waals surface area contributed by atoms with E-state index in [1.807, 2.05) is 37.3 Å². The first kappa shape index (κ1) is 13.6. The predicted octanol–water partition coefficient (Wildman–Crippen LogP) is 2.61. The van der Waals surface area contributed by atoms with Crippen molar-refractivity contribution in [1.82, 2.24) is 9.78 Å². The van der Waals surface area contributed by atoms with Gasteiger partial charge in [0.2, 0.25) is 0 Å². The van der Waals surface area contributed by atoms with Gasteiger partial charge in [-0.15, -0.1) is 0 Å². The van der Waals surface area contributed by atoms with Crippen LogP contribution in [0.5, 0.6) is 0 Å². The number of halogens is 1. The highest BCUT2D eigenvalue weighted by Crippen LogP contribution is 2.19. The Bertz CT molecular complexity index is 578. The average Bonchev–Trinajstić information content (AvgIpc) is 2.64. The average molecular weight is 278 g/mol. The fourth-order valence-corrected chi connectivity index (χ4v) is 2.13. The van der Waals surface area contributed by atoms with Gasteiger partial charge in [0.05, 0.1) is 12.2 Å². The second kappa shape index (κ2) is 5.89. The fraction of sp³-hybridized carbons (Fsp3) is 0.286. The summed E-state index contributed by atoms with van der Waals surface area (Å²) in [7, 11) is 1.77. The van der Waals surface area contributed by atoms with Gasteiger partial charge in [-0.3, -0.25) is 9.48 Å². The normalized spacial score (nSPS) is 10.5. The van der Waals surface area contributed by atoms with Gasteiger partial charge in [-0.25, -0.2) is 0 Å². The Kier molecular flexibility index (Phi) is 4.22. The first-order valence-corrected chi connectivity index (χ1v) is 6.44. The van der Waals surface area contributed by atoms with Crippen LogP contribution in [0.2, 0.25) is 5.15 Å². The monoisotopic (exact) mass is 277 g/mol. The molecule has 1 heterocycles. The molecule has 0 aliphatic carbocycles. The molecule has 1 aromatic carbocycles. The number of rotatable bonds is 5. The van der Waals surface area contributed by atoms with Crippen LogP contribution in [0.25, 0.3) is 0 Å². The molecule has 0 atom stereocenters. The molecule has 0 fully saturated rings. The summed E-state index contributed by atoms with van der Waals surface area (Å²) in [6.45, 7) is 2.15. The number of Topliss-reactive ketones (excluding diaryl/α,β-unsaturated/α-hetero) is 1. The van der Waals surface area contributed by atoms with E-state index >= 15 is 0 Å². The Morgan fingerprint density at radius 2 is 2.05 bits per heavy atom. The zero-order chi connectivity index (χ0) is 13.8. The van der Waals surface area contributed by atoms with Gasteiger partial charge in [-0.2, -0.15) is 5.10 Å². The van der Waals surface area contributed by atoms with Crippen molar-refractivity contribution in [2.45, 2.75) is 13.3 Å². The lowest BCUT2D eigenvalue weighted by atomic mass is 10.1. The lowest BCUT2D eigenvalue weighted by Gasteiger charge is -2.05. The fourth-order valence-electron chi connectivity index (χ4n) is 1.89. The summed E-state index contributed by atoms with van der Waals surface area (Å²) in [4.78, 5) is 11.9. The lowest BCUT2D eigenvalue weighted by Crippen LogP contribution is -2.16. The van der Waals surface area contributed by atoms with Crippen molar-refractivity contribution in [3.8, 4) is 0 Å². The molecule has 0 saturated heterocycles. The third-order valence-corrected chi connectivity index (χ3v) is 3.38. The van der Waals surface area contributed by atoms with Crippen LogP contribution in [0.1, 0.15) is 11.3 Å². The maximum Gasteiger partial charge on any atom is 0.156 e. The number of aromatic nitrogens is 2. The van der Waals surface area contributed by atoms with Gasteiger partial charge in [0.15, 0.2) is 5.78 Å². The van der Waals surface area contributed by atoms with Gasteiger partial charge in [0.1, 0.15) is 5.15 Å². The van der Waals surface area contributed by atoms with Crippen LogP contribution in [0.15, 0.2) is 30.3 Å². The lowest BCUT2D eigenvalue weighted by molar-refractivity contribution is -0.116. The molecular weight excluding hydrogens is 262 g/mol. The summed E-state index contributed by atoms with van der Waals surface area (Å²) in [5.41, 5.74) is 2.55. The maximum absolute atomic E-state index is 11.9. The summed E-state index contributed by atoms with van der Waals surface area (Å²) in [5, 5.41) is 7.82. The number of nitrogens with zero attached hydrogens (tertiary/aromatic N) is 2. The second-order valence-corrected chi connectivity index (χ2v) is 4.77. The Hall–Kier alpha value is -1.81. The second-order valence-electron chi connectivity index (χ2n) is 4.41. The van der Waals surface area contributed by atoms with Gasteiger partial charge >= 0.3 is 0 Å². The van der Waals surface area contributed by atoms with Gasteiger partial charge in [0, 0.05) is 24.7 Å². The van der Waals surface area contributed by atoms with Gasteiger partial charge in [-0.05, 0) is 19.1 Å². The highest BCUT2D eigenvalue weighted by molar-refractivity contribution is 6.30. The number of carbonyl (C=O) groups is 1. The van der Waals surface area contributed by atoms with Gasteiger partial charge in [-0.1, -0.05) is 29.8 Å². The van der Waals surface area contributed by atoms with Crippen LogP contribution in [0, 0.1) is 6.92 Å². The van der Waals surface area contributed by atoms with Crippen molar-refractivity contribution >= 4 is 23.1 Å². The molecule has 100 valence electrons. The molecule has 0 amide bonds. The number of hydrogen-bond donors (Lipinski definition) is 1. The molecule has 4 nitrogen and oxygen atoms in total. The van der Waals surface area contributed by atoms with Crippen molar-refractivity contribution in [3.63, 3.8) is 0 Å². The Balaban J connectivity index is 1.95. The molecule has 1 N–H and O–H groups in total. The Morgan fingerprint density at radius 3 is 2.63 bits per heavy atom. The number of aryl methyl sites for hydroxylation is 2. The molecule has 0 unspecified atom stereocenters. The predicted molar refractivity (Wildman–Crippen MR) is 76.6 cm³/mol. The number of hydrogen-bond acceptors (Lipinski definition) is 3. The molecule has 0 spiro atoms. The van der Waals surface area contributed by atoms with E-state index in [0.29, 0.717) is 11.6 Å². The van der Waals surface area contributed by atoms with Crippen molar-refractivity contribution in [1.29, 1.82) is 0 Å². The van der Waals surface area contributed by atoms with Crippen molar-refractivity contribution in [2.24, 2.45) is 7.05 Å². The van der Waals surface area contributed by atoms with Gasteiger partial charge in [0.25, 0.3) is 0 Å². The van der Waals surface area contributed by atoms with E-state index in [2.05, 4.69) is 10.4 Å². The summed E-state index contributed by atoms with van der Waals surface area (Å²) in [6.07, 6.45) is 0.304. The van der Waals surface area contributed by atoms with E-state index in [0.717, 1.165) is 16.9 Å². The number of para-hydroxylation sites is 1. The third kappa shape index (κ3) is 3.35. The van der Waals surface area contributed by atoms with Crippen LogP contribution in [-0.4, -0.2) is 22.1 Å². The van der Waals surface area contributed by atoms with Crippen LogP contribution in [0.3, 0.4) is 0 Å². The van der Waals surface area contributed by atoms with Crippen LogP contribution < -0.4 is 5.32 Å². The molecule has 19 heavy (non-hydrogen) atoms. The minimum absolute atomic E-state index is 0.0850. The molecule has 2 aromatic rings. The molecule has 1 aromatic heterocycles. The number of benzene rings is 1. The van der Waals surface area contributed by atoms with E-state index < -0.39 is 0 Å². The molecule has 0 aliphatic heterocycles. The zero-order valence-electron chi connectivity index (χ0n) is 11.0. The van der Waals surface area contributed by atoms with E-state index in [9.17, 15) is 4.79 Å². The van der Waals surface area contributed by atoms with E-state index in [4.69, 9.17) is 11.6 Å². The molecule has 0 radical (unpaired) electrons. The first-order valence-electron chi connectivity index (χ1n) is 6.06. The molecule has 0 bridgehead atoms. The minimum Gasteiger partial charge on any atom is -0.378 e. The highest BCUT2D eigenvalue weighted by atomic mass is 35.5. The summed E-state index contributed by atoms with van der Waals surface area (Å²) < 4.78 is 1.59. The quantitative estimate of drug-likeness (QED) is 0.914.